The summed E-state index contributed by atoms with van der Waals surface area (Å²) in [5.41, 5.74) is -1.63. The van der Waals surface area contributed by atoms with E-state index < -0.39 is 13.3 Å². The van der Waals surface area contributed by atoms with Crippen molar-refractivity contribution in [2.75, 3.05) is 6.61 Å². The maximum atomic E-state index is 10.8. The van der Waals surface area contributed by atoms with Crippen LogP contribution < -0.4 is 68.9 Å². The average Bonchev–Trinajstić information content (AvgIpc) is 2.68. The van der Waals surface area contributed by atoms with Gasteiger partial charge in [-0.25, -0.2) is 4.79 Å². The minimum absolute atomic E-state index is 0. The molecule has 0 bridgehead atoms. The molecule has 0 aliphatic carbocycles. The first-order valence-corrected chi connectivity index (χ1v) is 13.7. The summed E-state index contributed by atoms with van der Waals surface area (Å²) in [5, 5.41) is 0. The van der Waals surface area contributed by atoms with E-state index in [2.05, 4.69) is 11.7 Å². The van der Waals surface area contributed by atoms with Crippen molar-refractivity contribution in [3.8, 4) is 0 Å². The zero-order valence-electron chi connectivity index (χ0n) is 20.8. The first kappa shape index (κ1) is 37.2. The Hall–Kier alpha value is 1.62. The molecule has 0 unspecified atom stereocenters. The zero-order chi connectivity index (χ0) is 21.6. The van der Waals surface area contributed by atoms with E-state index in [4.69, 9.17) is 0 Å². The van der Waals surface area contributed by atoms with Gasteiger partial charge in [0, 0.05) is 7.60 Å². The van der Waals surface area contributed by atoms with Gasteiger partial charge in [0.25, 0.3) is 0 Å². The molecule has 0 aliphatic heterocycles. The maximum absolute atomic E-state index is 10.8. The van der Waals surface area contributed by atoms with Crippen molar-refractivity contribution in [1.29, 1.82) is 0 Å². The predicted molar refractivity (Wildman–Crippen MR) is 117 cm³/mol. The van der Waals surface area contributed by atoms with Gasteiger partial charge in [-0.2, -0.15) is 0 Å². The molecule has 0 aliphatic rings. The second-order valence-electron chi connectivity index (χ2n) is 8.33. The fourth-order valence-electron chi connectivity index (χ4n) is 3.60. The Morgan fingerprint density at radius 1 is 0.581 bits per heavy atom. The van der Waals surface area contributed by atoms with E-state index in [1.807, 2.05) is 0 Å². The van der Waals surface area contributed by atoms with Crippen LogP contribution in [0.4, 0.5) is 4.79 Å². The molecular weight excluding hydrogens is 433 g/mol. The molecule has 0 saturated carbocycles. The number of hydrogen-bond donors (Lipinski definition) is 0. The summed E-state index contributed by atoms with van der Waals surface area (Å²) >= 11 is 0. The molecule has 8 heteroatoms. The maximum Gasteiger partial charge on any atom is 1.00 e. The molecule has 0 aromatic rings. The Morgan fingerprint density at radius 3 is 1.10 bits per heavy atom. The van der Waals surface area contributed by atoms with E-state index in [-0.39, 0.29) is 65.7 Å². The molecule has 0 radical (unpaired) electrons. The Morgan fingerprint density at radius 2 is 0.839 bits per heavy atom. The minimum Gasteiger partial charge on any atom is -0.803 e. The number of carbonyl (C=O) groups is 1. The Kier molecular flexibility index (Phi) is 33.4. The van der Waals surface area contributed by atoms with Gasteiger partial charge in [-0.05, 0) is 6.42 Å². The second-order valence-corrected chi connectivity index (χ2v) is 9.69. The van der Waals surface area contributed by atoms with Crippen molar-refractivity contribution in [2.24, 2.45) is 0 Å². The van der Waals surface area contributed by atoms with Crippen LogP contribution in [0.2, 0.25) is 0 Å². The number of carbonyl (C=O) groups excluding carboxylic acids is 1. The fourth-order valence-corrected chi connectivity index (χ4v) is 3.85. The van der Waals surface area contributed by atoms with Gasteiger partial charge in [-0.15, -0.1) is 0 Å². The van der Waals surface area contributed by atoms with Crippen molar-refractivity contribution in [1.82, 2.24) is 0 Å². The van der Waals surface area contributed by atoms with Crippen LogP contribution in [0.1, 0.15) is 135 Å². The van der Waals surface area contributed by atoms with E-state index in [0.717, 1.165) is 19.3 Å². The molecule has 0 saturated heterocycles. The third-order valence-corrected chi connectivity index (χ3v) is 6.02. The summed E-state index contributed by atoms with van der Waals surface area (Å²) in [5.74, 6) is 0. The molecule has 0 fully saturated rings. The molecule has 5 nitrogen and oxygen atoms in total. The first-order chi connectivity index (χ1) is 14.0. The van der Waals surface area contributed by atoms with Crippen LogP contribution in [0.3, 0.4) is 0 Å². The normalized spacial score (nSPS) is 10.9. The van der Waals surface area contributed by atoms with Gasteiger partial charge in [-0.1, -0.05) is 129 Å². The van der Waals surface area contributed by atoms with Crippen LogP contribution in [0, 0.1) is 0 Å². The number of ether oxygens (including phenoxy) is 1. The molecule has 0 aromatic heterocycles. The van der Waals surface area contributed by atoms with E-state index in [1.165, 1.54) is 103 Å². The molecule has 174 valence electrons. The second kappa shape index (κ2) is 27.9. The zero-order valence-corrected chi connectivity index (χ0v) is 25.7. The molecule has 0 heterocycles. The molecule has 31 heavy (non-hydrogen) atoms. The Balaban J connectivity index is -0.00000392. The van der Waals surface area contributed by atoms with Gasteiger partial charge in [-0.3, -0.25) is 0 Å². The van der Waals surface area contributed by atoms with Crippen molar-refractivity contribution < 1.29 is 83.0 Å². The van der Waals surface area contributed by atoms with Crippen LogP contribution in [-0.2, 0) is 9.30 Å². The third kappa shape index (κ3) is 29.6. The van der Waals surface area contributed by atoms with Crippen molar-refractivity contribution in [2.45, 2.75) is 135 Å². The SMILES string of the molecule is CCCCCCCCCCCCCCCCCCCCCCOC(=O)P(=O)([O-])[O-].[Na+].[Na+]. The molecule has 0 amide bonds. The number of unbranched alkanes of at least 4 members (excludes halogenated alkanes) is 19. The minimum atomic E-state index is -5.21. The van der Waals surface area contributed by atoms with Crippen LogP contribution in [0.15, 0.2) is 0 Å². The van der Waals surface area contributed by atoms with Crippen LogP contribution >= 0.6 is 7.60 Å². The van der Waals surface area contributed by atoms with E-state index in [9.17, 15) is 19.1 Å². The Labute approximate surface area is 236 Å². The van der Waals surface area contributed by atoms with Crippen LogP contribution in [-0.4, -0.2) is 12.3 Å². The van der Waals surface area contributed by atoms with Crippen molar-refractivity contribution in [3.63, 3.8) is 0 Å². The fraction of sp³-hybridized carbons (Fsp3) is 0.957. The van der Waals surface area contributed by atoms with E-state index >= 15 is 0 Å². The standard InChI is InChI=1S/C23H47O5P.2Na/c1-2-3-4-5-6-7-8-9-10-11-12-13-14-15-16-17-18-19-20-21-22-28-23(24)29(25,26)27;;/h2-22H2,1H3,(H2,25,26,27);;/q;2*+1/p-2. The molecule has 0 spiro atoms. The summed E-state index contributed by atoms with van der Waals surface area (Å²) < 4.78 is 14.8. The summed E-state index contributed by atoms with van der Waals surface area (Å²) in [6.45, 7) is 2.29. The van der Waals surface area contributed by atoms with Gasteiger partial charge in [0.05, 0.1) is 6.61 Å². The Bertz CT molecular complexity index is 419. The predicted octanol–water partition coefficient (Wildman–Crippen LogP) is 0.867. The smallest absolute Gasteiger partial charge is 0.803 e. The summed E-state index contributed by atoms with van der Waals surface area (Å²) in [6, 6.07) is 0. The van der Waals surface area contributed by atoms with Gasteiger partial charge < -0.3 is 19.1 Å². The largest absolute Gasteiger partial charge is 1.00 e. The molecular formula is C23H45Na2O5P. The summed E-state index contributed by atoms with van der Waals surface area (Å²) in [7, 11) is -5.21. The van der Waals surface area contributed by atoms with Gasteiger partial charge >= 0.3 is 64.8 Å². The van der Waals surface area contributed by atoms with Crippen molar-refractivity contribution >= 4 is 13.3 Å². The van der Waals surface area contributed by atoms with E-state index in [0.29, 0.717) is 6.42 Å². The quantitative estimate of drug-likeness (QED) is 0.131. The molecule has 0 rings (SSSR count). The topological polar surface area (TPSA) is 89.5 Å². The molecule has 0 atom stereocenters. The van der Waals surface area contributed by atoms with Crippen molar-refractivity contribution in [3.05, 3.63) is 0 Å². The first-order valence-electron chi connectivity index (χ1n) is 12.2. The van der Waals surface area contributed by atoms with Crippen LogP contribution in [0.25, 0.3) is 0 Å². The molecule has 0 N–H and O–H groups in total. The van der Waals surface area contributed by atoms with Gasteiger partial charge in [0.1, 0.15) is 0 Å². The van der Waals surface area contributed by atoms with E-state index in [1.54, 1.807) is 0 Å². The molecule has 0 aromatic carbocycles. The van der Waals surface area contributed by atoms with Gasteiger partial charge in [0.15, 0.2) is 0 Å². The third-order valence-electron chi connectivity index (χ3n) is 5.45. The van der Waals surface area contributed by atoms with Gasteiger partial charge in [0.2, 0.25) is 0 Å². The number of hydrogen-bond acceptors (Lipinski definition) is 5. The van der Waals surface area contributed by atoms with Crippen LogP contribution in [0.5, 0.6) is 0 Å². The number of rotatable bonds is 22. The average molecular weight is 479 g/mol. The monoisotopic (exact) mass is 478 g/mol. The summed E-state index contributed by atoms with van der Waals surface area (Å²) in [6.07, 6.45) is 25.7. The summed E-state index contributed by atoms with van der Waals surface area (Å²) in [4.78, 5) is 31.5.